The van der Waals surface area contributed by atoms with E-state index < -0.39 is 10.2 Å². The normalized spacial score (nSPS) is 22.4. The molecule has 1 heterocycles. The Hall–Kier alpha value is -0.660. The minimum absolute atomic E-state index is 0.0522. The maximum absolute atomic E-state index is 12.0. The summed E-state index contributed by atoms with van der Waals surface area (Å²) < 4.78 is 26.6. The summed E-state index contributed by atoms with van der Waals surface area (Å²) in [7, 11) is -0.394. The highest BCUT2D eigenvalue weighted by Crippen LogP contribution is 2.20. The molecule has 1 fully saturated rings. The summed E-state index contributed by atoms with van der Waals surface area (Å²) in [4.78, 5) is 11.9. The van der Waals surface area contributed by atoms with Crippen molar-refractivity contribution in [2.75, 3.05) is 27.2 Å². The molecule has 1 aliphatic rings. The minimum Gasteiger partial charge on any atom is -0.354 e. The molecule has 0 bridgehead atoms. The first-order valence-electron chi connectivity index (χ1n) is 6.23. The van der Waals surface area contributed by atoms with E-state index in [1.165, 1.54) is 22.7 Å². The fourth-order valence-corrected chi connectivity index (χ4v) is 3.19. The van der Waals surface area contributed by atoms with Crippen molar-refractivity contribution in [3.63, 3.8) is 0 Å². The molecule has 18 heavy (non-hydrogen) atoms. The second-order valence-electron chi connectivity index (χ2n) is 5.15. The molecule has 1 atom stereocenters. The third kappa shape index (κ3) is 3.66. The zero-order valence-electron chi connectivity index (χ0n) is 11.5. The average Bonchev–Trinajstić information content (AvgIpc) is 2.28. The van der Waals surface area contributed by atoms with E-state index in [4.69, 9.17) is 0 Å². The summed E-state index contributed by atoms with van der Waals surface area (Å²) >= 11 is 0. The van der Waals surface area contributed by atoms with Gasteiger partial charge in [-0.05, 0) is 26.7 Å². The van der Waals surface area contributed by atoms with Crippen LogP contribution in [0.5, 0.6) is 0 Å². The molecule has 106 valence electrons. The van der Waals surface area contributed by atoms with Gasteiger partial charge in [-0.25, -0.2) is 0 Å². The van der Waals surface area contributed by atoms with Crippen LogP contribution in [0.15, 0.2) is 0 Å². The molecule has 1 rings (SSSR count). The number of rotatable bonds is 4. The number of piperidine rings is 1. The van der Waals surface area contributed by atoms with Crippen molar-refractivity contribution in [1.29, 1.82) is 0 Å². The molecule has 0 saturated carbocycles. The quantitative estimate of drug-likeness (QED) is 0.788. The molecule has 0 unspecified atom stereocenters. The lowest BCUT2D eigenvalue weighted by molar-refractivity contribution is -0.126. The Kier molecular flexibility index (Phi) is 5.12. The molecule has 0 aliphatic carbocycles. The summed E-state index contributed by atoms with van der Waals surface area (Å²) in [5, 5.41) is 2.84. The SMILES string of the molecule is CC(C)NC(=O)[C@H]1CCCN(S(=O)(=O)N(C)C)C1. The van der Waals surface area contributed by atoms with Crippen LogP contribution in [0.3, 0.4) is 0 Å². The van der Waals surface area contributed by atoms with Gasteiger partial charge in [0.15, 0.2) is 0 Å². The first-order chi connectivity index (χ1) is 8.25. The fourth-order valence-electron chi connectivity index (χ4n) is 2.00. The van der Waals surface area contributed by atoms with E-state index in [0.717, 1.165) is 12.8 Å². The van der Waals surface area contributed by atoms with E-state index in [1.807, 2.05) is 13.8 Å². The number of carbonyl (C=O) groups is 1. The lowest BCUT2D eigenvalue weighted by atomic mass is 9.98. The van der Waals surface area contributed by atoms with E-state index in [9.17, 15) is 13.2 Å². The van der Waals surface area contributed by atoms with E-state index in [1.54, 1.807) is 0 Å². The number of hydrogen-bond donors (Lipinski definition) is 1. The van der Waals surface area contributed by atoms with E-state index in [2.05, 4.69) is 5.32 Å². The Morgan fingerprint density at radius 3 is 2.50 bits per heavy atom. The van der Waals surface area contributed by atoms with Crippen molar-refractivity contribution < 1.29 is 13.2 Å². The van der Waals surface area contributed by atoms with Gasteiger partial charge in [-0.3, -0.25) is 4.79 Å². The highest BCUT2D eigenvalue weighted by molar-refractivity contribution is 7.86. The summed E-state index contributed by atoms with van der Waals surface area (Å²) in [5.41, 5.74) is 0. The van der Waals surface area contributed by atoms with E-state index >= 15 is 0 Å². The van der Waals surface area contributed by atoms with E-state index in [-0.39, 0.29) is 24.4 Å². The van der Waals surface area contributed by atoms with Crippen molar-refractivity contribution in [3.05, 3.63) is 0 Å². The molecule has 6 nitrogen and oxygen atoms in total. The maximum Gasteiger partial charge on any atom is 0.281 e. The predicted molar refractivity (Wildman–Crippen MR) is 70.2 cm³/mol. The van der Waals surface area contributed by atoms with Gasteiger partial charge in [-0.1, -0.05) is 0 Å². The fraction of sp³-hybridized carbons (Fsp3) is 0.909. The molecule has 0 aromatic rings. The molecule has 1 aliphatic heterocycles. The molecule has 0 aromatic heterocycles. The molecule has 1 saturated heterocycles. The second-order valence-corrected chi connectivity index (χ2v) is 7.29. The van der Waals surface area contributed by atoms with Crippen LogP contribution in [0, 0.1) is 5.92 Å². The number of hydrogen-bond acceptors (Lipinski definition) is 3. The number of amides is 1. The average molecular weight is 277 g/mol. The van der Waals surface area contributed by atoms with Crippen LogP contribution in [0.1, 0.15) is 26.7 Å². The second kappa shape index (κ2) is 5.99. The van der Waals surface area contributed by atoms with Gasteiger partial charge in [0.05, 0.1) is 5.92 Å². The molecule has 7 heteroatoms. The molecule has 1 N–H and O–H groups in total. The Labute approximate surface area is 110 Å². The van der Waals surface area contributed by atoms with Gasteiger partial charge in [-0.2, -0.15) is 17.0 Å². The van der Waals surface area contributed by atoms with Crippen molar-refractivity contribution in [2.45, 2.75) is 32.7 Å². The van der Waals surface area contributed by atoms with Gasteiger partial charge in [-0.15, -0.1) is 0 Å². The van der Waals surface area contributed by atoms with Crippen LogP contribution in [0.4, 0.5) is 0 Å². The summed E-state index contributed by atoms with van der Waals surface area (Å²) in [6, 6.07) is 0.0818. The highest BCUT2D eigenvalue weighted by atomic mass is 32.2. The summed E-state index contributed by atoms with van der Waals surface area (Å²) in [6.45, 7) is 4.56. The third-order valence-corrected chi connectivity index (χ3v) is 4.88. The zero-order valence-corrected chi connectivity index (χ0v) is 12.3. The van der Waals surface area contributed by atoms with Gasteiger partial charge < -0.3 is 5.32 Å². The van der Waals surface area contributed by atoms with Gasteiger partial charge >= 0.3 is 0 Å². The lowest BCUT2D eigenvalue weighted by Gasteiger charge is -2.33. The number of carbonyl (C=O) groups excluding carboxylic acids is 1. The van der Waals surface area contributed by atoms with Crippen molar-refractivity contribution >= 4 is 16.1 Å². The Morgan fingerprint density at radius 1 is 1.39 bits per heavy atom. The van der Waals surface area contributed by atoms with Crippen molar-refractivity contribution in [1.82, 2.24) is 13.9 Å². The lowest BCUT2D eigenvalue weighted by Crippen LogP contribution is -2.49. The standard InChI is InChI=1S/C11H23N3O3S/c1-9(2)12-11(15)10-6-5-7-14(8-10)18(16,17)13(3)4/h9-10H,5-8H2,1-4H3,(H,12,15)/t10-/m0/s1. The predicted octanol–water partition coefficient (Wildman–Crippen LogP) is 0.0294. The van der Waals surface area contributed by atoms with Gasteiger partial charge in [0.25, 0.3) is 10.2 Å². The Bertz CT molecular complexity index is 392. The molecular formula is C11H23N3O3S. The number of nitrogens with one attached hydrogen (secondary N) is 1. The van der Waals surface area contributed by atoms with Gasteiger partial charge in [0.1, 0.15) is 0 Å². The van der Waals surface area contributed by atoms with Crippen LogP contribution in [0.2, 0.25) is 0 Å². The van der Waals surface area contributed by atoms with Crippen LogP contribution >= 0.6 is 0 Å². The van der Waals surface area contributed by atoms with Crippen LogP contribution < -0.4 is 5.32 Å². The topological polar surface area (TPSA) is 69.7 Å². The van der Waals surface area contributed by atoms with Crippen LogP contribution in [0.25, 0.3) is 0 Å². The summed E-state index contributed by atoms with van der Waals surface area (Å²) in [6.07, 6.45) is 1.47. The molecule has 0 spiro atoms. The Balaban J connectivity index is 2.70. The van der Waals surface area contributed by atoms with Crippen LogP contribution in [-0.2, 0) is 15.0 Å². The molecule has 0 radical (unpaired) electrons. The van der Waals surface area contributed by atoms with E-state index in [0.29, 0.717) is 6.54 Å². The van der Waals surface area contributed by atoms with Gasteiger partial charge in [0, 0.05) is 33.2 Å². The van der Waals surface area contributed by atoms with Crippen molar-refractivity contribution in [2.24, 2.45) is 5.92 Å². The third-order valence-electron chi connectivity index (χ3n) is 2.97. The van der Waals surface area contributed by atoms with Crippen LogP contribution in [-0.4, -0.2) is 56.2 Å². The monoisotopic (exact) mass is 277 g/mol. The van der Waals surface area contributed by atoms with Gasteiger partial charge in [0.2, 0.25) is 5.91 Å². The highest BCUT2D eigenvalue weighted by Gasteiger charge is 2.33. The summed E-state index contributed by atoms with van der Waals surface area (Å²) in [5.74, 6) is -0.292. The first-order valence-corrected chi connectivity index (χ1v) is 7.62. The maximum atomic E-state index is 12.0. The van der Waals surface area contributed by atoms with Crippen molar-refractivity contribution in [3.8, 4) is 0 Å². The number of nitrogens with zero attached hydrogens (tertiary/aromatic N) is 2. The molecule has 1 amide bonds. The molecule has 0 aromatic carbocycles. The minimum atomic E-state index is -3.41. The first kappa shape index (κ1) is 15.4. The smallest absolute Gasteiger partial charge is 0.281 e. The zero-order chi connectivity index (χ0) is 13.9. The molecular weight excluding hydrogens is 254 g/mol. The Morgan fingerprint density at radius 2 is 2.00 bits per heavy atom. The largest absolute Gasteiger partial charge is 0.354 e.